The van der Waals surface area contributed by atoms with Crippen LogP contribution in [0.4, 0.5) is 0 Å². The van der Waals surface area contributed by atoms with Gasteiger partial charge in [0.05, 0.1) is 0 Å². The van der Waals surface area contributed by atoms with Gasteiger partial charge in [0.1, 0.15) is 0 Å². The van der Waals surface area contributed by atoms with Gasteiger partial charge in [-0.3, -0.25) is 14.6 Å². The van der Waals surface area contributed by atoms with Gasteiger partial charge in [-0.05, 0) is 43.4 Å². The maximum atomic E-state index is 13.2. The van der Waals surface area contributed by atoms with Crippen LogP contribution in [0, 0.1) is 11.8 Å². The molecule has 2 aliphatic heterocycles. The van der Waals surface area contributed by atoms with Crippen molar-refractivity contribution >= 4 is 5.91 Å². The molecule has 2 unspecified atom stereocenters. The third kappa shape index (κ3) is 3.07. The van der Waals surface area contributed by atoms with Crippen LogP contribution < -0.4 is 5.56 Å². The molecule has 3 aliphatic rings. The summed E-state index contributed by atoms with van der Waals surface area (Å²) < 4.78 is 1.96. The molecule has 4 heterocycles. The Kier molecular flexibility index (Phi) is 4.53. The number of carbonyl (C=O) groups excluding carboxylic acids is 1. The number of likely N-dealkylation sites (tertiary alicyclic amines) is 1. The first kappa shape index (κ1) is 17.7. The third-order valence-corrected chi connectivity index (χ3v) is 6.84. The molecule has 2 fully saturated rings. The molecule has 2 aromatic heterocycles. The Balaban J connectivity index is 1.42. The Hall–Kier alpha value is -2.43. The summed E-state index contributed by atoms with van der Waals surface area (Å²) in [5, 5.41) is 0. The topological polar surface area (TPSA) is 55.2 Å². The molecule has 0 N–H and O–H groups in total. The molecule has 0 aromatic carbocycles. The van der Waals surface area contributed by atoms with Crippen LogP contribution >= 0.6 is 0 Å². The highest BCUT2D eigenvalue weighted by Crippen LogP contribution is 2.37. The van der Waals surface area contributed by atoms with Crippen LogP contribution in [0.5, 0.6) is 0 Å². The van der Waals surface area contributed by atoms with Crippen molar-refractivity contribution in [2.45, 2.75) is 51.0 Å². The molecule has 2 aromatic rings. The second-order valence-electron chi connectivity index (χ2n) is 8.71. The fourth-order valence-electron chi connectivity index (χ4n) is 5.48. The predicted octanol–water partition coefficient (Wildman–Crippen LogP) is 3.44. The molecule has 1 saturated carbocycles. The number of amides is 1. The Bertz CT molecular complexity index is 931. The molecule has 5 rings (SSSR count). The average molecular weight is 377 g/mol. The van der Waals surface area contributed by atoms with Crippen LogP contribution in [0.3, 0.4) is 0 Å². The monoisotopic (exact) mass is 377 g/mol. The van der Waals surface area contributed by atoms with E-state index in [2.05, 4.69) is 16.0 Å². The molecular formula is C23H27N3O2. The number of aromatic nitrogens is 2. The first-order valence-electron chi connectivity index (χ1n) is 10.6. The Morgan fingerprint density at radius 2 is 1.89 bits per heavy atom. The van der Waals surface area contributed by atoms with E-state index in [-0.39, 0.29) is 17.4 Å². The summed E-state index contributed by atoms with van der Waals surface area (Å²) in [4.78, 5) is 32.5. The number of nitrogens with zero attached hydrogens (tertiary/aromatic N) is 3. The maximum absolute atomic E-state index is 13.2. The summed E-state index contributed by atoms with van der Waals surface area (Å²) in [6.45, 7) is 2.28. The van der Waals surface area contributed by atoms with Gasteiger partial charge in [0.2, 0.25) is 5.91 Å². The largest absolute Gasteiger partial charge is 0.341 e. The van der Waals surface area contributed by atoms with Crippen molar-refractivity contribution < 1.29 is 4.79 Å². The standard InChI is InChI=1S/C23H27N3O2/c27-22(17-5-2-1-3-6-17)25-13-16-11-19(15-25)21-9-8-20(23(28)26(21)14-16)18-7-4-10-24-12-18/h4,7-10,12,16-17,19H,1-3,5-6,11,13-15H2. The Morgan fingerprint density at radius 3 is 2.68 bits per heavy atom. The lowest BCUT2D eigenvalue weighted by Crippen LogP contribution is -2.50. The molecule has 5 heteroatoms. The summed E-state index contributed by atoms with van der Waals surface area (Å²) >= 11 is 0. The van der Waals surface area contributed by atoms with Crippen molar-refractivity contribution in [1.82, 2.24) is 14.5 Å². The molecule has 0 radical (unpaired) electrons. The minimum atomic E-state index is 0.0762. The van der Waals surface area contributed by atoms with E-state index in [1.165, 1.54) is 19.3 Å². The van der Waals surface area contributed by atoms with Crippen molar-refractivity contribution in [3.8, 4) is 11.1 Å². The smallest absolute Gasteiger partial charge is 0.258 e. The number of carbonyl (C=O) groups is 1. The first-order chi connectivity index (χ1) is 13.7. The fraction of sp³-hybridized carbons (Fsp3) is 0.522. The summed E-state index contributed by atoms with van der Waals surface area (Å²) in [5.41, 5.74) is 2.75. The second-order valence-corrected chi connectivity index (χ2v) is 8.71. The molecular weight excluding hydrogens is 350 g/mol. The van der Waals surface area contributed by atoms with E-state index in [0.717, 1.165) is 43.6 Å². The van der Waals surface area contributed by atoms with Gasteiger partial charge < -0.3 is 9.47 Å². The van der Waals surface area contributed by atoms with Crippen molar-refractivity contribution in [3.05, 3.63) is 52.7 Å². The highest BCUT2D eigenvalue weighted by molar-refractivity contribution is 5.79. The zero-order chi connectivity index (χ0) is 19.1. The van der Waals surface area contributed by atoms with Gasteiger partial charge in [-0.15, -0.1) is 0 Å². The molecule has 5 nitrogen and oxygen atoms in total. The lowest BCUT2D eigenvalue weighted by Gasteiger charge is -2.44. The molecule has 1 saturated heterocycles. The van der Waals surface area contributed by atoms with Crippen LogP contribution in [0.1, 0.15) is 50.1 Å². The minimum Gasteiger partial charge on any atom is -0.341 e. The maximum Gasteiger partial charge on any atom is 0.258 e. The number of hydrogen-bond donors (Lipinski definition) is 0. The highest BCUT2D eigenvalue weighted by atomic mass is 16.2. The fourth-order valence-corrected chi connectivity index (χ4v) is 5.48. The summed E-state index contributed by atoms with van der Waals surface area (Å²) in [6.07, 6.45) is 10.3. The number of piperidine rings is 1. The van der Waals surface area contributed by atoms with Crippen molar-refractivity contribution in [2.24, 2.45) is 11.8 Å². The van der Waals surface area contributed by atoms with Gasteiger partial charge in [-0.25, -0.2) is 0 Å². The van der Waals surface area contributed by atoms with E-state index in [4.69, 9.17) is 0 Å². The highest BCUT2D eigenvalue weighted by Gasteiger charge is 2.38. The van der Waals surface area contributed by atoms with Crippen LogP contribution in [0.2, 0.25) is 0 Å². The number of rotatable bonds is 2. The zero-order valence-corrected chi connectivity index (χ0v) is 16.2. The molecule has 28 heavy (non-hydrogen) atoms. The van der Waals surface area contributed by atoms with Crippen LogP contribution in [0.15, 0.2) is 41.5 Å². The summed E-state index contributed by atoms with van der Waals surface area (Å²) in [5.74, 6) is 1.23. The van der Waals surface area contributed by atoms with E-state index >= 15 is 0 Å². The van der Waals surface area contributed by atoms with Gasteiger partial charge in [-0.2, -0.15) is 0 Å². The van der Waals surface area contributed by atoms with E-state index in [0.29, 0.717) is 23.9 Å². The van der Waals surface area contributed by atoms with Gasteiger partial charge in [0, 0.05) is 60.7 Å². The Labute approximate surface area is 165 Å². The normalized spacial score (nSPS) is 24.6. The van der Waals surface area contributed by atoms with Gasteiger partial charge in [0.25, 0.3) is 5.56 Å². The van der Waals surface area contributed by atoms with E-state index in [1.54, 1.807) is 12.4 Å². The van der Waals surface area contributed by atoms with Crippen LogP contribution in [0.25, 0.3) is 11.1 Å². The van der Waals surface area contributed by atoms with Gasteiger partial charge in [-0.1, -0.05) is 25.3 Å². The first-order valence-corrected chi connectivity index (χ1v) is 10.6. The molecule has 1 aliphatic carbocycles. The zero-order valence-electron chi connectivity index (χ0n) is 16.2. The lowest BCUT2D eigenvalue weighted by molar-refractivity contribution is -0.139. The van der Waals surface area contributed by atoms with Gasteiger partial charge in [0.15, 0.2) is 0 Å². The quantitative estimate of drug-likeness (QED) is 0.806. The molecule has 2 bridgehead atoms. The minimum absolute atomic E-state index is 0.0762. The average Bonchev–Trinajstić information content (AvgIpc) is 2.75. The predicted molar refractivity (Wildman–Crippen MR) is 108 cm³/mol. The molecule has 2 atom stereocenters. The Morgan fingerprint density at radius 1 is 1.04 bits per heavy atom. The van der Waals surface area contributed by atoms with Crippen LogP contribution in [-0.4, -0.2) is 33.4 Å². The number of pyridine rings is 2. The van der Waals surface area contributed by atoms with Crippen molar-refractivity contribution in [2.75, 3.05) is 13.1 Å². The molecule has 1 amide bonds. The number of fused-ring (bicyclic) bond motifs is 4. The van der Waals surface area contributed by atoms with Crippen LogP contribution in [-0.2, 0) is 11.3 Å². The van der Waals surface area contributed by atoms with E-state index in [1.807, 2.05) is 22.8 Å². The summed E-state index contributed by atoms with van der Waals surface area (Å²) in [7, 11) is 0. The van der Waals surface area contributed by atoms with Gasteiger partial charge >= 0.3 is 0 Å². The SMILES string of the molecule is O=C(C1CCCCC1)N1CC2CC(C1)c1ccc(-c3cccnc3)c(=O)n1C2. The molecule has 0 spiro atoms. The van der Waals surface area contributed by atoms with E-state index in [9.17, 15) is 9.59 Å². The van der Waals surface area contributed by atoms with Crippen molar-refractivity contribution in [1.29, 1.82) is 0 Å². The molecule has 146 valence electrons. The summed E-state index contributed by atoms with van der Waals surface area (Å²) in [6, 6.07) is 7.83. The lowest BCUT2D eigenvalue weighted by atomic mass is 9.81. The van der Waals surface area contributed by atoms with E-state index < -0.39 is 0 Å². The van der Waals surface area contributed by atoms with Crippen molar-refractivity contribution in [3.63, 3.8) is 0 Å². The second kappa shape index (κ2) is 7.19. The number of hydrogen-bond acceptors (Lipinski definition) is 3. The third-order valence-electron chi connectivity index (χ3n) is 6.84.